The van der Waals surface area contributed by atoms with E-state index in [2.05, 4.69) is 10.3 Å². The number of benzene rings is 1. The van der Waals surface area contributed by atoms with E-state index in [1.165, 1.54) is 11.3 Å². The lowest BCUT2D eigenvalue weighted by Crippen LogP contribution is -2.41. The molecule has 2 heterocycles. The van der Waals surface area contributed by atoms with Gasteiger partial charge in [0.2, 0.25) is 5.91 Å². The number of primary amides is 1. The molecule has 0 unspecified atom stereocenters. The maximum Gasteiger partial charge on any atom is 0.273 e. The maximum atomic E-state index is 12.6. The van der Waals surface area contributed by atoms with Gasteiger partial charge < -0.3 is 20.7 Å². The number of rotatable bonds is 5. The smallest absolute Gasteiger partial charge is 0.273 e. The molecule has 138 valence electrons. The number of carbonyl (C=O) groups is 2. The largest absolute Gasteiger partial charge is 0.495 e. The van der Waals surface area contributed by atoms with Gasteiger partial charge in [0.1, 0.15) is 11.4 Å². The number of anilines is 2. The number of nitrogens with two attached hydrogens (primary N) is 1. The number of aromatic nitrogens is 1. The molecule has 26 heavy (non-hydrogen) atoms. The Bertz CT molecular complexity index is 813. The molecule has 7 nitrogen and oxygen atoms in total. The van der Waals surface area contributed by atoms with Gasteiger partial charge >= 0.3 is 0 Å². The second-order valence-electron chi connectivity index (χ2n) is 6.34. The second-order valence-corrected chi connectivity index (χ2v) is 7.19. The first-order valence-electron chi connectivity index (χ1n) is 8.43. The average Bonchev–Trinajstić information content (AvgIpc) is 3.10. The van der Waals surface area contributed by atoms with Crippen LogP contribution < -0.4 is 15.8 Å². The summed E-state index contributed by atoms with van der Waals surface area (Å²) in [5.41, 5.74) is 7.65. The van der Waals surface area contributed by atoms with E-state index in [1.54, 1.807) is 17.4 Å². The Kier molecular flexibility index (Phi) is 5.41. The van der Waals surface area contributed by atoms with E-state index in [0.717, 1.165) is 11.3 Å². The summed E-state index contributed by atoms with van der Waals surface area (Å²) in [4.78, 5) is 30.0. The van der Waals surface area contributed by atoms with Crippen LogP contribution in [0.3, 0.4) is 0 Å². The Balaban J connectivity index is 1.67. The van der Waals surface area contributed by atoms with Crippen molar-refractivity contribution in [3.8, 4) is 5.75 Å². The van der Waals surface area contributed by atoms with Gasteiger partial charge in [0, 0.05) is 24.4 Å². The van der Waals surface area contributed by atoms with E-state index in [9.17, 15) is 9.59 Å². The molecule has 0 spiro atoms. The molecule has 2 amide bonds. The summed E-state index contributed by atoms with van der Waals surface area (Å²) >= 11 is 1.37. The quantitative estimate of drug-likeness (QED) is 0.838. The highest BCUT2D eigenvalue weighted by Crippen LogP contribution is 2.30. The number of amides is 2. The van der Waals surface area contributed by atoms with Crippen molar-refractivity contribution in [3.63, 3.8) is 0 Å². The van der Waals surface area contributed by atoms with Crippen LogP contribution in [0, 0.1) is 12.8 Å². The SMILES string of the molecule is COc1ccc(C)cc1Nc1nc(C(=O)N2CCC(C(N)=O)CC2)cs1. The molecule has 1 aromatic heterocycles. The summed E-state index contributed by atoms with van der Waals surface area (Å²) < 4.78 is 5.35. The van der Waals surface area contributed by atoms with Crippen LogP contribution in [0.2, 0.25) is 0 Å². The van der Waals surface area contributed by atoms with Gasteiger partial charge in [-0.2, -0.15) is 0 Å². The standard InChI is InChI=1S/C18H22N4O3S/c1-11-3-4-15(25-2)13(9-11)20-18-21-14(10-26-18)17(24)22-7-5-12(6-8-22)16(19)23/h3-4,9-10,12H,5-8H2,1-2H3,(H2,19,23)(H,20,21). The van der Waals surface area contributed by atoms with Crippen LogP contribution in [0.5, 0.6) is 5.75 Å². The van der Waals surface area contributed by atoms with Crippen LogP contribution in [0.4, 0.5) is 10.8 Å². The Hall–Kier alpha value is -2.61. The summed E-state index contributed by atoms with van der Waals surface area (Å²) in [7, 11) is 1.61. The lowest BCUT2D eigenvalue weighted by atomic mass is 9.96. The molecule has 0 radical (unpaired) electrons. The van der Waals surface area contributed by atoms with Crippen molar-refractivity contribution in [2.24, 2.45) is 11.7 Å². The van der Waals surface area contributed by atoms with E-state index in [1.807, 2.05) is 25.1 Å². The number of aryl methyl sites for hydroxylation is 1. The van der Waals surface area contributed by atoms with E-state index in [4.69, 9.17) is 10.5 Å². The summed E-state index contributed by atoms with van der Waals surface area (Å²) in [6.07, 6.45) is 1.22. The first kappa shape index (κ1) is 18.2. The third-order valence-corrected chi connectivity index (χ3v) is 5.26. The number of hydrogen-bond acceptors (Lipinski definition) is 6. The first-order chi connectivity index (χ1) is 12.5. The van der Waals surface area contributed by atoms with Crippen LogP contribution in [0.15, 0.2) is 23.6 Å². The molecular weight excluding hydrogens is 352 g/mol. The summed E-state index contributed by atoms with van der Waals surface area (Å²) in [6, 6.07) is 5.83. The van der Waals surface area contributed by atoms with E-state index >= 15 is 0 Å². The van der Waals surface area contributed by atoms with Gasteiger partial charge in [-0.25, -0.2) is 4.98 Å². The number of likely N-dealkylation sites (tertiary alicyclic amines) is 1. The lowest BCUT2D eigenvalue weighted by Gasteiger charge is -2.30. The maximum absolute atomic E-state index is 12.6. The van der Waals surface area contributed by atoms with Gasteiger partial charge in [-0.15, -0.1) is 11.3 Å². The van der Waals surface area contributed by atoms with E-state index < -0.39 is 0 Å². The van der Waals surface area contributed by atoms with Gasteiger partial charge in [-0.05, 0) is 37.5 Å². The van der Waals surface area contributed by atoms with Crippen molar-refractivity contribution in [2.45, 2.75) is 19.8 Å². The highest BCUT2D eigenvalue weighted by molar-refractivity contribution is 7.14. The zero-order valence-electron chi connectivity index (χ0n) is 14.8. The van der Waals surface area contributed by atoms with Crippen molar-refractivity contribution >= 4 is 34.0 Å². The zero-order chi connectivity index (χ0) is 18.7. The van der Waals surface area contributed by atoms with E-state index in [-0.39, 0.29) is 17.7 Å². The number of methoxy groups -OCH3 is 1. The summed E-state index contributed by atoms with van der Waals surface area (Å²) in [6.45, 7) is 3.05. The van der Waals surface area contributed by atoms with Crippen molar-refractivity contribution in [2.75, 3.05) is 25.5 Å². The number of hydrogen-bond donors (Lipinski definition) is 2. The molecule has 0 aliphatic carbocycles. The van der Waals surface area contributed by atoms with E-state index in [0.29, 0.717) is 42.5 Å². The van der Waals surface area contributed by atoms with Gasteiger partial charge in [-0.1, -0.05) is 6.07 Å². The lowest BCUT2D eigenvalue weighted by molar-refractivity contribution is -0.123. The van der Waals surface area contributed by atoms with Gasteiger partial charge in [0.05, 0.1) is 12.8 Å². The first-order valence-corrected chi connectivity index (χ1v) is 9.31. The molecule has 3 rings (SSSR count). The second kappa shape index (κ2) is 7.74. The monoisotopic (exact) mass is 374 g/mol. The highest BCUT2D eigenvalue weighted by atomic mass is 32.1. The molecule has 1 aromatic carbocycles. The summed E-state index contributed by atoms with van der Waals surface area (Å²) in [5.74, 6) is 0.172. The topological polar surface area (TPSA) is 97.6 Å². The van der Waals surface area contributed by atoms with Crippen LogP contribution in [0.1, 0.15) is 28.9 Å². The van der Waals surface area contributed by atoms with Crippen LogP contribution in [-0.4, -0.2) is 41.9 Å². The zero-order valence-corrected chi connectivity index (χ0v) is 15.6. The molecule has 1 aliphatic heterocycles. The van der Waals surface area contributed by atoms with Crippen molar-refractivity contribution in [3.05, 3.63) is 34.8 Å². The fourth-order valence-corrected chi connectivity index (χ4v) is 3.69. The predicted octanol–water partition coefficient (Wildman–Crippen LogP) is 2.54. The summed E-state index contributed by atoms with van der Waals surface area (Å²) in [5, 5.41) is 5.59. The molecular formula is C18H22N4O3S. The van der Waals surface area contributed by atoms with Gasteiger partial charge in [0.25, 0.3) is 5.91 Å². The molecule has 0 atom stereocenters. The number of thiazole rings is 1. The molecule has 0 bridgehead atoms. The number of carbonyl (C=O) groups excluding carboxylic acids is 2. The number of nitrogens with zero attached hydrogens (tertiary/aromatic N) is 2. The van der Waals surface area contributed by atoms with Crippen molar-refractivity contribution < 1.29 is 14.3 Å². The van der Waals surface area contributed by atoms with Crippen molar-refractivity contribution in [1.29, 1.82) is 0 Å². The molecule has 1 fully saturated rings. The minimum Gasteiger partial charge on any atom is -0.495 e. The van der Waals surface area contributed by atoms with Crippen LogP contribution in [0.25, 0.3) is 0 Å². The minimum atomic E-state index is -0.288. The molecule has 8 heteroatoms. The molecule has 0 saturated carbocycles. The van der Waals surface area contributed by atoms with Gasteiger partial charge in [0.15, 0.2) is 5.13 Å². The molecule has 1 saturated heterocycles. The predicted molar refractivity (Wildman–Crippen MR) is 101 cm³/mol. The molecule has 3 N–H and O–H groups in total. The van der Waals surface area contributed by atoms with Crippen molar-refractivity contribution in [1.82, 2.24) is 9.88 Å². The Morgan fingerprint density at radius 2 is 2.08 bits per heavy atom. The third kappa shape index (κ3) is 3.96. The highest BCUT2D eigenvalue weighted by Gasteiger charge is 2.27. The fraction of sp³-hybridized carbons (Fsp3) is 0.389. The normalized spacial score (nSPS) is 14.9. The Labute approximate surface area is 156 Å². The average molecular weight is 374 g/mol. The molecule has 2 aromatic rings. The Morgan fingerprint density at radius 1 is 1.35 bits per heavy atom. The number of piperidine rings is 1. The third-order valence-electron chi connectivity index (χ3n) is 4.50. The number of ether oxygens (including phenoxy) is 1. The number of nitrogens with one attached hydrogen (secondary N) is 1. The van der Waals surface area contributed by atoms with Crippen LogP contribution in [-0.2, 0) is 4.79 Å². The molecule has 1 aliphatic rings. The fourth-order valence-electron chi connectivity index (χ4n) is 2.99. The van der Waals surface area contributed by atoms with Gasteiger partial charge in [-0.3, -0.25) is 9.59 Å². The van der Waals surface area contributed by atoms with Crippen LogP contribution >= 0.6 is 11.3 Å². The Morgan fingerprint density at radius 3 is 2.73 bits per heavy atom. The minimum absolute atomic E-state index is 0.117.